The van der Waals surface area contributed by atoms with Crippen molar-refractivity contribution >= 4 is 5.69 Å². The minimum absolute atomic E-state index is 0.456. The Morgan fingerprint density at radius 3 is 2.48 bits per heavy atom. The Balaban J connectivity index is 2.03. The second-order valence-corrected chi connectivity index (χ2v) is 6.58. The maximum absolute atomic E-state index is 5.42. The summed E-state index contributed by atoms with van der Waals surface area (Å²) in [7, 11) is 3.22. The molecule has 3 aromatic rings. The molecular weight excluding hydrogens is 342 g/mol. The molecule has 142 valence electrons. The van der Waals surface area contributed by atoms with E-state index in [0.717, 1.165) is 23.6 Å². The number of hydrogen-bond acceptors (Lipinski definition) is 6. The summed E-state index contributed by atoms with van der Waals surface area (Å²) in [6, 6.07) is 13.8. The highest BCUT2D eigenvalue weighted by molar-refractivity contribution is 5.53. The third-order valence-corrected chi connectivity index (χ3v) is 4.84. The molecule has 0 saturated heterocycles. The van der Waals surface area contributed by atoms with Crippen molar-refractivity contribution in [2.45, 2.75) is 32.7 Å². The van der Waals surface area contributed by atoms with Crippen molar-refractivity contribution in [3.8, 4) is 17.2 Å². The van der Waals surface area contributed by atoms with Crippen LogP contribution >= 0.6 is 0 Å². The molecule has 0 aliphatic carbocycles. The van der Waals surface area contributed by atoms with E-state index in [1.807, 2.05) is 30.3 Å². The van der Waals surface area contributed by atoms with Gasteiger partial charge in [0.1, 0.15) is 0 Å². The number of methoxy groups -OCH3 is 2. The van der Waals surface area contributed by atoms with Gasteiger partial charge in [0.15, 0.2) is 17.3 Å². The highest BCUT2D eigenvalue weighted by Gasteiger charge is 2.32. The molecule has 0 spiro atoms. The van der Waals surface area contributed by atoms with Crippen LogP contribution in [0.25, 0.3) is 5.69 Å². The van der Waals surface area contributed by atoms with Gasteiger partial charge >= 0.3 is 0 Å². The molecule has 3 rings (SSSR count). The molecule has 27 heavy (non-hydrogen) atoms. The first-order valence-electron chi connectivity index (χ1n) is 8.87. The van der Waals surface area contributed by atoms with Crippen LogP contribution in [0.3, 0.4) is 0 Å². The Bertz CT molecular complexity index is 924. The van der Waals surface area contributed by atoms with E-state index in [2.05, 4.69) is 53.7 Å². The van der Waals surface area contributed by atoms with Crippen molar-refractivity contribution in [1.82, 2.24) is 20.2 Å². The third-order valence-electron chi connectivity index (χ3n) is 4.84. The van der Waals surface area contributed by atoms with Gasteiger partial charge < -0.3 is 14.8 Å². The predicted molar refractivity (Wildman–Crippen MR) is 105 cm³/mol. The van der Waals surface area contributed by atoms with E-state index >= 15 is 0 Å². The Morgan fingerprint density at radius 1 is 1.07 bits per heavy atom. The van der Waals surface area contributed by atoms with Crippen molar-refractivity contribution in [2.24, 2.45) is 0 Å². The van der Waals surface area contributed by atoms with Gasteiger partial charge in [0.2, 0.25) is 0 Å². The summed E-state index contributed by atoms with van der Waals surface area (Å²) in [6.45, 7) is 6.29. The topological polar surface area (TPSA) is 74.1 Å². The molecule has 0 amide bonds. The number of nitrogens with zero attached hydrogens (tertiary/aromatic N) is 4. The van der Waals surface area contributed by atoms with Gasteiger partial charge in [-0.05, 0) is 54.5 Å². The third kappa shape index (κ3) is 3.58. The molecule has 0 radical (unpaired) electrons. The molecule has 0 unspecified atom stereocenters. The number of tetrazole rings is 1. The SMILES string of the molecule is CC[C@@](C)(Nc1ccccc1C)c1nnnn1-c1ccc(OC)c(OC)c1. The quantitative estimate of drug-likeness (QED) is 0.686. The van der Waals surface area contributed by atoms with Crippen molar-refractivity contribution < 1.29 is 9.47 Å². The Kier molecular flexibility index (Phi) is 5.30. The minimum atomic E-state index is -0.456. The summed E-state index contributed by atoms with van der Waals surface area (Å²) >= 11 is 0. The number of anilines is 1. The molecule has 1 atom stereocenters. The Labute approximate surface area is 159 Å². The Hall–Kier alpha value is -3.09. The molecule has 0 aliphatic rings. The van der Waals surface area contributed by atoms with Crippen LogP contribution in [0.1, 0.15) is 31.7 Å². The van der Waals surface area contributed by atoms with E-state index < -0.39 is 5.54 Å². The van der Waals surface area contributed by atoms with E-state index in [1.54, 1.807) is 18.9 Å². The number of rotatable bonds is 7. The van der Waals surface area contributed by atoms with E-state index in [-0.39, 0.29) is 0 Å². The van der Waals surface area contributed by atoms with E-state index in [0.29, 0.717) is 11.5 Å². The second kappa shape index (κ2) is 7.65. The van der Waals surface area contributed by atoms with Gasteiger partial charge in [0.05, 0.1) is 25.4 Å². The fourth-order valence-corrected chi connectivity index (χ4v) is 2.97. The van der Waals surface area contributed by atoms with Gasteiger partial charge in [-0.25, -0.2) is 0 Å². The first kappa shape index (κ1) is 18.7. The standard InChI is InChI=1S/C20H25N5O2/c1-6-20(3,21-16-10-8-7-9-14(16)2)19-22-23-24-25(19)15-11-12-17(26-4)18(13-15)27-5/h7-13,21H,6H2,1-5H3/t20-/m1/s1. The molecule has 2 aromatic carbocycles. The molecule has 1 aromatic heterocycles. The first-order valence-corrected chi connectivity index (χ1v) is 8.87. The van der Waals surface area contributed by atoms with Crippen LogP contribution in [0.5, 0.6) is 11.5 Å². The summed E-state index contributed by atoms with van der Waals surface area (Å²) < 4.78 is 12.5. The molecule has 1 heterocycles. The normalized spacial score (nSPS) is 13.1. The lowest BCUT2D eigenvalue weighted by Crippen LogP contribution is -2.34. The monoisotopic (exact) mass is 367 g/mol. The molecule has 0 aliphatic heterocycles. The van der Waals surface area contributed by atoms with Gasteiger partial charge in [-0.1, -0.05) is 25.1 Å². The van der Waals surface area contributed by atoms with Gasteiger partial charge in [0.25, 0.3) is 0 Å². The zero-order valence-electron chi connectivity index (χ0n) is 16.4. The summed E-state index contributed by atoms with van der Waals surface area (Å²) in [5, 5.41) is 16.1. The van der Waals surface area contributed by atoms with Crippen molar-refractivity contribution in [3.63, 3.8) is 0 Å². The highest BCUT2D eigenvalue weighted by Crippen LogP contribution is 2.33. The molecule has 0 bridgehead atoms. The fourth-order valence-electron chi connectivity index (χ4n) is 2.97. The lowest BCUT2D eigenvalue weighted by atomic mass is 9.96. The van der Waals surface area contributed by atoms with E-state index in [4.69, 9.17) is 9.47 Å². The molecule has 7 heteroatoms. The second-order valence-electron chi connectivity index (χ2n) is 6.58. The van der Waals surface area contributed by atoms with Gasteiger partial charge in [-0.15, -0.1) is 5.10 Å². The highest BCUT2D eigenvalue weighted by atomic mass is 16.5. The number of ether oxygens (including phenoxy) is 2. The average Bonchev–Trinajstić information content (AvgIpc) is 3.19. The molecular formula is C20H25N5O2. The molecule has 0 saturated carbocycles. The zero-order valence-corrected chi connectivity index (χ0v) is 16.4. The molecule has 1 N–H and O–H groups in total. The van der Waals surface area contributed by atoms with Crippen LogP contribution in [-0.2, 0) is 5.54 Å². The molecule has 0 fully saturated rings. The summed E-state index contributed by atoms with van der Waals surface area (Å²) in [4.78, 5) is 0. The predicted octanol–water partition coefficient (Wildman–Crippen LogP) is 3.73. The van der Waals surface area contributed by atoms with Crippen molar-refractivity contribution in [2.75, 3.05) is 19.5 Å². The van der Waals surface area contributed by atoms with Crippen molar-refractivity contribution in [3.05, 3.63) is 53.9 Å². The maximum Gasteiger partial charge on any atom is 0.181 e. The van der Waals surface area contributed by atoms with Crippen LogP contribution < -0.4 is 14.8 Å². The van der Waals surface area contributed by atoms with Crippen LogP contribution in [0.4, 0.5) is 5.69 Å². The van der Waals surface area contributed by atoms with E-state index in [9.17, 15) is 0 Å². The number of para-hydroxylation sites is 1. The number of hydrogen-bond donors (Lipinski definition) is 1. The summed E-state index contributed by atoms with van der Waals surface area (Å²) in [6.07, 6.45) is 0.801. The number of nitrogens with one attached hydrogen (secondary N) is 1. The van der Waals surface area contributed by atoms with Crippen LogP contribution in [0, 0.1) is 6.92 Å². The number of aryl methyl sites for hydroxylation is 1. The maximum atomic E-state index is 5.42. The Morgan fingerprint density at radius 2 is 1.81 bits per heavy atom. The van der Waals surface area contributed by atoms with Gasteiger partial charge in [-0.3, -0.25) is 0 Å². The smallest absolute Gasteiger partial charge is 0.181 e. The van der Waals surface area contributed by atoms with E-state index in [1.165, 1.54) is 5.56 Å². The largest absolute Gasteiger partial charge is 0.493 e. The van der Waals surface area contributed by atoms with Crippen LogP contribution in [-0.4, -0.2) is 34.4 Å². The number of benzene rings is 2. The zero-order chi connectivity index (χ0) is 19.4. The number of aromatic nitrogens is 4. The van der Waals surface area contributed by atoms with Crippen LogP contribution in [0.15, 0.2) is 42.5 Å². The minimum Gasteiger partial charge on any atom is -0.493 e. The summed E-state index contributed by atoms with van der Waals surface area (Å²) in [5.41, 5.74) is 2.58. The van der Waals surface area contributed by atoms with Crippen LogP contribution in [0.2, 0.25) is 0 Å². The lowest BCUT2D eigenvalue weighted by molar-refractivity contribution is 0.354. The average molecular weight is 367 g/mol. The fraction of sp³-hybridized carbons (Fsp3) is 0.350. The molecule has 7 nitrogen and oxygen atoms in total. The van der Waals surface area contributed by atoms with Gasteiger partial charge in [-0.2, -0.15) is 4.68 Å². The lowest BCUT2D eigenvalue weighted by Gasteiger charge is -2.30. The summed E-state index contributed by atoms with van der Waals surface area (Å²) in [5.74, 6) is 2.01. The first-order chi connectivity index (χ1) is 13.0. The van der Waals surface area contributed by atoms with Gasteiger partial charge in [0, 0.05) is 11.8 Å². The van der Waals surface area contributed by atoms with Crippen molar-refractivity contribution in [1.29, 1.82) is 0 Å².